The second-order valence-electron chi connectivity index (χ2n) is 3.46. The number of rotatable bonds is 2. The average Bonchev–Trinajstić information content (AvgIpc) is 2.85. The minimum atomic E-state index is -0.192. The van der Waals surface area contributed by atoms with E-state index in [9.17, 15) is 4.39 Å². The highest BCUT2D eigenvalue weighted by atomic mass is 79.9. The second kappa shape index (κ2) is 3.07. The summed E-state index contributed by atoms with van der Waals surface area (Å²) in [6.45, 7) is 0. The number of halogens is 2. The molecule has 0 atom stereocenters. The van der Waals surface area contributed by atoms with Crippen LogP contribution in [0.4, 0.5) is 4.39 Å². The molecule has 0 saturated heterocycles. The lowest BCUT2D eigenvalue weighted by Crippen LogP contribution is -2.24. The van der Waals surface area contributed by atoms with Crippen molar-refractivity contribution in [3.63, 3.8) is 0 Å². The molecule has 13 heavy (non-hydrogen) atoms. The van der Waals surface area contributed by atoms with Crippen molar-refractivity contribution in [3.05, 3.63) is 34.1 Å². The maximum atomic E-state index is 12.8. The predicted octanol–water partition coefficient (Wildman–Crippen LogP) is 2.80. The van der Waals surface area contributed by atoms with E-state index >= 15 is 0 Å². The number of benzene rings is 1. The van der Waals surface area contributed by atoms with E-state index in [0.29, 0.717) is 0 Å². The molecule has 1 N–H and O–H groups in total. The summed E-state index contributed by atoms with van der Waals surface area (Å²) in [5.74, 6) is -0.192. The molecule has 0 aromatic heterocycles. The molecule has 0 spiro atoms. The van der Waals surface area contributed by atoms with E-state index in [2.05, 4.69) is 21.2 Å². The summed E-state index contributed by atoms with van der Waals surface area (Å²) < 4.78 is 13.7. The fourth-order valence-corrected chi connectivity index (χ4v) is 2.39. The van der Waals surface area contributed by atoms with Crippen molar-refractivity contribution >= 4 is 15.9 Å². The van der Waals surface area contributed by atoms with E-state index in [-0.39, 0.29) is 11.4 Å². The lowest BCUT2D eigenvalue weighted by atomic mass is 10.1. The molecule has 0 unspecified atom stereocenters. The van der Waals surface area contributed by atoms with E-state index in [4.69, 9.17) is 0 Å². The number of nitrogens with one attached hydrogen (secondary N) is 1. The zero-order chi connectivity index (χ0) is 9.47. The van der Waals surface area contributed by atoms with Gasteiger partial charge < -0.3 is 5.32 Å². The van der Waals surface area contributed by atoms with E-state index in [1.807, 2.05) is 13.1 Å². The van der Waals surface area contributed by atoms with Gasteiger partial charge in [0.05, 0.1) is 0 Å². The summed E-state index contributed by atoms with van der Waals surface area (Å²) in [4.78, 5) is 0. The summed E-state index contributed by atoms with van der Waals surface area (Å²) in [6.07, 6.45) is 2.27. The van der Waals surface area contributed by atoms with Gasteiger partial charge in [-0.25, -0.2) is 4.39 Å². The first kappa shape index (κ1) is 9.16. The summed E-state index contributed by atoms with van der Waals surface area (Å²) in [7, 11) is 1.95. The molecule has 3 heteroatoms. The molecule has 70 valence electrons. The van der Waals surface area contributed by atoms with Gasteiger partial charge in [0.2, 0.25) is 0 Å². The van der Waals surface area contributed by atoms with Gasteiger partial charge in [0, 0.05) is 10.0 Å². The number of hydrogen-bond donors (Lipinski definition) is 1. The zero-order valence-electron chi connectivity index (χ0n) is 7.40. The lowest BCUT2D eigenvalue weighted by molar-refractivity contribution is 0.576. The molecule has 0 bridgehead atoms. The Bertz CT molecular complexity index is 334. The van der Waals surface area contributed by atoms with E-state index in [0.717, 1.165) is 22.9 Å². The summed E-state index contributed by atoms with van der Waals surface area (Å²) in [5, 5.41) is 3.28. The summed E-state index contributed by atoms with van der Waals surface area (Å²) in [5.41, 5.74) is 1.27. The zero-order valence-corrected chi connectivity index (χ0v) is 8.99. The second-order valence-corrected chi connectivity index (χ2v) is 4.31. The van der Waals surface area contributed by atoms with Crippen LogP contribution in [0.25, 0.3) is 0 Å². The monoisotopic (exact) mass is 243 g/mol. The van der Waals surface area contributed by atoms with Crippen LogP contribution in [0, 0.1) is 5.82 Å². The van der Waals surface area contributed by atoms with Gasteiger partial charge in [-0.05, 0) is 37.6 Å². The molecule has 1 aromatic rings. The van der Waals surface area contributed by atoms with Crippen molar-refractivity contribution in [3.8, 4) is 0 Å². The molecular formula is C10H11BrFN. The quantitative estimate of drug-likeness (QED) is 0.843. The molecule has 0 amide bonds. The third kappa shape index (κ3) is 1.51. The molecule has 1 fully saturated rings. The highest BCUT2D eigenvalue weighted by Crippen LogP contribution is 2.47. The fraction of sp³-hybridized carbons (Fsp3) is 0.400. The Morgan fingerprint density at radius 1 is 1.46 bits per heavy atom. The first-order chi connectivity index (χ1) is 6.18. The molecule has 2 rings (SSSR count). The molecular weight excluding hydrogens is 233 g/mol. The van der Waals surface area contributed by atoms with E-state index in [1.54, 1.807) is 0 Å². The largest absolute Gasteiger partial charge is 0.310 e. The summed E-state index contributed by atoms with van der Waals surface area (Å²) in [6, 6.07) is 4.88. The first-order valence-electron chi connectivity index (χ1n) is 4.32. The molecule has 0 aliphatic heterocycles. The van der Waals surface area contributed by atoms with Crippen LogP contribution in [0.15, 0.2) is 22.7 Å². The average molecular weight is 244 g/mol. The van der Waals surface area contributed by atoms with Crippen molar-refractivity contribution in [2.45, 2.75) is 18.4 Å². The molecule has 1 saturated carbocycles. The van der Waals surface area contributed by atoms with Crippen LogP contribution in [0.3, 0.4) is 0 Å². The fourth-order valence-electron chi connectivity index (χ4n) is 1.66. The van der Waals surface area contributed by atoms with E-state index in [1.165, 1.54) is 12.1 Å². The Morgan fingerprint density at radius 3 is 2.62 bits per heavy atom. The standard InChI is InChI=1S/C10H11BrFN/c1-13-10(4-5-10)8-3-2-7(12)6-9(8)11/h2-3,6,13H,4-5H2,1H3. The molecule has 0 radical (unpaired) electrons. The van der Waals surface area contributed by atoms with Crippen LogP contribution in [-0.4, -0.2) is 7.05 Å². The van der Waals surface area contributed by atoms with Gasteiger partial charge in [0.1, 0.15) is 5.82 Å². The van der Waals surface area contributed by atoms with Crippen LogP contribution in [0.5, 0.6) is 0 Å². The highest BCUT2D eigenvalue weighted by Gasteiger charge is 2.43. The molecule has 1 nitrogen and oxygen atoms in total. The van der Waals surface area contributed by atoms with Gasteiger partial charge in [0.15, 0.2) is 0 Å². The van der Waals surface area contributed by atoms with Crippen LogP contribution in [-0.2, 0) is 5.54 Å². The van der Waals surface area contributed by atoms with Gasteiger partial charge in [0.25, 0.3) is 0 Å². The smallest absolute Gasteiger partial charge is 0.124 e. The van der Waals surface area contributed by atoms with Gasteiger partial charge in [-0.3, -0.25) is 0 Å². The van der Waals surface area contributed by atoms with Crippen LogP contribution in [0.1, 0.15) is 18.4 Å². The Morgan fingerprint density at radius 2 is 2.15 bits per heavy atom. The number of hydrogen-bond acceptors (Lipinski definition) is 1. The third-order valence-corrected chi connectivity index (χ3v) is 3.33. The minimum Gasteiger partial charge on any atom is -0.310 e. The molecule has 1 aromatic carbocycles. The normalized spacial score (nSPS) is 18.7. The van der Waals surface area contributed by atoms with Crippen molar-refractivity contribution in [2.24, 2.45) is 0 Å². The van der Waals surface area contributed by atoms with Gasteiger partial charge in [-0.1, -0.05) is 22.0 Å². The van der Waals surface area contributed by atoms with Crippen LogP contribution >= 0.6 is 15.9 Å². The minimum absolute atomic E-state index is 0.104. The van der Waals surface area contributed by atoms with E-state index < -0.39 is 0 Å². The van der Waals surface area contributed by atoms with Gasteiger partial charge in [-0.15, -0.1) is 0 Å². The Kier molecular flexibility index (Phi) is 2.16. The van der Waals surface area contributed by atoms with Crippen molar-refractivity contribution in [2.75, 3.05) is 7.05 Å². The molecule has 1 aliphatic rings. The topological polar surface area (TPSA) is 12.0 Å². The van der Waals surface area contributed by atoms with Crippen molar-refractivity contribution in [1.29, 1.82) is 0 Å². The lowest BCUT2D eigenvalue weighted by Gasteiger charge is -2.16. The Labute approximate surface area is 85.5 Å². The van der Waals surface area contributed by atoms with Crippen molar-refractivity contribution in [1.82, 2.24) is 5.32 Å². The SMILES string of the molecule is CNC1(c2ccc(F)cc2Br)CC1. The summed E-state index contributed by atoms with van der Waals surface area (Å²) >= 11 is 3.38. The third-order valence-electron chi connectivity index (χ3n) is 2.68. The maximum Gasteiger partial charge on any atom is 0.124 e. The Balaban J connectivity index is 2.41. The van der Waals surface area contributed by atoms with Crippen molar-refractivity contribution < 1.29 is 4.39 Å². The predicted molar refractivity (Wildman–Crippen MR) is 54.1 cm³/mol. The Hall–Kier alpha value is -0.410. The van der Waals surface area contributed by atoms with Gasteiger partial charge in [-0.2, -0.15) is 0 Å². The molecule has 0 heterocycles. The van der Waals surface area contributed by atoms with Crippen LogP contribution < -0.4 is 5.32 Å². The first-order valence-corrected chi connectivity index (χ1v) is 5.12. The molecule has 1 aliphatic carbocycles. The maximum absolute atomic E-state index is 12.8. The van der Waals surface area contributed by atoms with Crippen LogP contribution in [0.2, 0.25) is 0 Å². The highest BCUT2D eigenvalue weighted by molar-refractivity contribution is 9.10. The van der Waals surface area contributed by atoms with Gasteiger partial charge >= 0.3 is 0 Å².